The number of amides is 2. The van der Waals surface area contributed by atoms with Crippen LogP contribution in [-0.2, 0) is 14.3 Å². The highest BCUT2D eigenvalue weighted by Gasteiger charge is 2.28. The second-order valence-corrected chi connectivity index (χ2v) is 8.73. The molecule has 0 spiro atoms. The summed E-state index contributed by atoms with van der Waals surface area (Å²) in [5.74, 6) is -0.643. The van der Waals surface area contributed by atoms with Gasteiger partial charge in [-0.15, -0.1) is 0 Å². The zero-order valence-corrected chi connectivity index (χ0v) is 19.7. The lowest BCUT2D eigenvalue weighted by atomic mass is 9.94. The first-order valence-corrected chi connectivity index (χ1v) is 12.1. The maximum Gasteiger partial charge on any atom is 0.407 e. The van der Waals surface area contributed by atoms with Gasteiger partial charge in [-0.25, -0.2) is 4.79 Å². The molecule has 0 saturated carbocycles. The number of benzene rings is 2. The second kappa shape index (κ2) is 12.8. The molecule has 1 aliphatic rings. The summed E-state index contributed by atoms with van der Waals surface area (Å²) in [6, 6.07) is 16.3. The van der Waals surface area contributed by atoms with Gasteiger partial charge in [0.1, 0.15) is 6.61 Å². The number of carbonyl (C=O) groups is 3. The average molecular weight is 467 g/mol. The Bertz CT molecular complexity index is 945. The van der Waals surface area contributed by atoms with E-state index in [1.807, 2.05) is 24.3 Å². The number of fused-ring (bicyclic) bond motifs is 3. The molecule has 1 unspecified atom stereocenters. The van der Waals surface area contributed by atoms with E-state index in [0.717, 1.165) is 30.4 Å². The largest absolute Gasteiger partial charge is 0.481 e. The molecule has 7 nitrogen and oxygen atoms in total. The molecule has 2 aromatic carbocycles. The number of carboxylic acid groups (broad SMARTS) is 1. The van der Waals surface area contributed by atoms with Crippen molar-refractivity contribution in [3.63, 3.8) is 0 Å². The molecule has 0 heterocycles. The summed E-state index contributed by atoms with van der Waals surface area (Å²) in [5, 5.41) is 14.4. The first kappa shape index (κ1) is 25.3. The molecule has 2 aromatic rings. The Balaban J connectivity index is 1.36. The SMILES string of the molecule is CCCC(CCNC(=O)CCNC(=O)OCC1c2ccccc2-c2ccccc21)CCC(=O)O. The molecule has 1 atom stereocenters. The van der Waals surface area contributed by atoms with Crippen molar-refractivity contribution < 1.29 is 24.2 Å². The second-order valence-electron chi connectivity index (χ2n) is 8.73. The lowest BCUT2D eigenvalue weighted by molar-refractivity contribution is -0.137. The molecule has 3 rings (SSSR count). The summed E-state index contributed by atoms with van der Waals surface area (Å²) in [6.45, 7) is 3.01. The molecule has 0 saturated heterocycles. The Kier molecular flexibility index (Phi) is 9.50. The quantitative estimate of drug-likeness (QED) is 0.397. The van der Waals surface area contributed by atoms with Crippen molar-refractivity contribution in [1.82, 2.24) is 10.6 Å². The van der Waals surface area contributed by atoms with Crippen LogP contribution in [0.15, 0.2) is 48.5 Å². The first-order valence-electron chi connectivity index (χ1n) is 12.1. The lowest BCUT2D eigenvalue weighted by Gasteiger charge is -2.16. The highest BCUT2D eigenvalue weighted by molar-refractivity contribution is 5.79. The molecule has 0 bridgehead atoms. The molecule has 2 amide bonds. The summed E-state index contributed by atoms with van der Waals surface area (Å²) < 4.78 is 5.48. The monoisotopic (exact) mass is 466 g/mol. The molecule has 0 radical (unpaired) electrons. The Labute approximate surface area is 200 Å². The van der Waals surface area contributed by atoms with Crippen molar-refractivity contribution in [2.45, 2.75) is 51.4 Å². The summed E-state index contributed by atoms with van der Waals surface area (Å²) in [5.41, 5.74) is 4.65. The van der Waals surface area contributed by atoms with Crippen molar-refractivity contribution in [1.29, 1.82) is 0 Å². The van der Waals surface area contributed by atoms with Gasteiger partial charge in [0, 0.05) is 31.8 Å². The first-order chi connectivity index (χ1) is 16.5. The van der Waals surface area contributed by atoms with Gasteiger partial charge < -0.3 is 20.5 Å². The number of carboxylic acids is 1. The maximum absolute atomic E-state index is 12.2. The number of nitrogens with one attached hydrogen (secondary N) is 2. The molecule has 3 N–H and O–H groups in total. The van der Waals surface area contributed by atoms with Gasteiger partial charge in [0.15, 0.2) is 0 Å². The van der Waals surface area contributed by atoms with Crippen molar-refractivity contribution >= 4 is 18.0 Å². The van der Waals surface area contributed by atoms with E-state index in [1.54, 1.807) is 0 Å². The standard InChI is InChI=1S/C27H34N2O5/c1-2-7-19(12-13-26(31)32)14-16-28-25(30)15-17-29-27(33)34-18-24-22-10-5-3-8-20(22)21-9-4-6-11-23(21)24/h3-6,8-11,19,24H,2,7,12-18H2,1H3,(H,28,30)(H,29,33)(H,31,32). The molecule has 34 heavy (non-hydrogen) atoms. The van der Waals surface area contributed by atoms with E-state index in [0.29, 0.717) is 18.9 Å². The topological polar surface area (TPSA) is 105 Å². The Morgan fingerprint density at radius 2 is 1.53 bits per heavy atom. The maximum atomic E-state index is 12.2. The van der Waals surface area contributed by atoms with E-state index in [-0.39, 0.29) is 37.8 Å². The van der Waals surface area contributed by atoms with E-state index >= 15 is 0 Å². The molecule has 1 aliphatic carbocycles. The van der Waals surface area contributed by atoms with Crippen molar-refractivity contribution in [3.05, 3.63) is 59.7 Å². The molecular formula is C27H34N2O5. The van der Waals surface area contributed by atoms with Crippen molar-refractivity contribution in [2.24, 2.45) is 5.92 Å². The predicted octanol–water partition coefficient (Wildman–Crippen LogP) is 4.70. The van der Waals surface area contributed by atoms with E-state index in [9.17, 15) is 14.4 Å². The third-order valence-electron chi connectivity index (χ3n) is 6.30. The van der Waals surface area contributed by atoms with Crippen LogP contribution in [-0.4, -0.2) is 42.8 Å². The van der Waals surface area contributed by atoms with Gasteiger partial charge in [0.05, 0.1) is 0 Å². The number of aliphatic carboxylic acids is 1. The van der Waals surface area contributed by atoms with Gasteiger partial charge in [-0.1, -0.05) is 68.3 Å². The molecular weight excluding hydrogens is 432 g/mol. The fourth-order valence-corrected chi connectivity index (χ4v) is 4.60. The van der Waals surface area contributed by atoms with Gasteiger partial charge in [-0.3, -0.25) is 9.59 Å². The number of carbonyl (C=O) groups excluding carboxylic acids is 2. The number of ether oxygens (including phenoxy) is 1. The Morgan fingerprint density at radius 3 is 2.15 bits per heavy atom. The average Bonchev–Trinajstić information content (AvgIpc) is 3.15. The third kappa shape index (κ3) is 7.07. The van der Waals surface area contributed by atoms with Crippen LogP contribution in [0, 0.1) is 5.92 Å². The fourth-order valence-electron chi connectivity index (χ4n) is 4.60. The summed E-state index contributed by atoms with van der Waals surface area (Å²) in [4.78, 5) is 35.0. The molecule has 0 aliphatic heterocycles. The van der Waals surface area contributed by atoms with Gasteiger partial charge in [-0.2, -0.15) is 0 Å². The highest BCUT2D eigenvalue weighted by Crippen LogP contribution is 2.44. The van der Waals surface area contributed by atoms with Crippen LogP contribution in [0.3, 0.4) is 0 Å². The number of rotatable bonds is 13. The molecule has 0 aromatic heterocycles. The van der Waals surface area contributed by atoms with Crippen LogP contribution >= 0.6 is 0 Å². The van der Waals surface area contributed by atoms with Crippen LogP contribution < -0.4 is 10.6 Å². The summed E-state index contributed by atoms with van der Waals surface area (Å²) in [7, 11) is 0. The minimum Gasteiger partial charge on any atom is -0.481 e. The van der Waals surface area contributed by atoms with E-state index in [1.165, 1.54) is 11.1 Å². The van der Waals surface area contributed by atoms with E-state index < -0.39 is 12.1 Å². The van der Waals surface area contributed by atoms with Crippen LogP contribution in [0.1, 0.15) is 62.5 Å². The van der Waals surface area contributed by atoms with Crippen LogP contribution in [0.2, 0.25) is 0 Å². The predicted molar refractivity (Wildman–Crippen MR) is 131 cm³/mol. The zero-order valence-electron chi connectivity index (χ0n) is 19.7. The van der Waals surface area contributed by atoms with Crippen molar-refractivity contribution in [2.75, 3.05) is 19.7 Å². The summed E-state index contributed by atoms with van der Waals surface area (Å²) >= 11 is 0. The number of alkyl carbamates (subject to hydrolysis) is 1. The lowest BCUT2D eigenvalue weighted by Crippen LogP contribution is -2.32. The number of hydrogen-bond acceptors (Lipinski definition) is 4. The minimum absolute atomic E-state index is 0.00126. The third-order valence-corrected chi connectivity index (χ3v) is 6.30. The van der Waals surface area contributed by atoms with E-state index in [2.05, 4.69) is 41.8 Å². The van der Waals surface area contributed by atoms with Crippen molar-refractivity contribution in [3.8, 4) is 11.1 Å². The highest BCUT2D eigenvalue weighted by atomic mass is 16.5. The van der Waals surface area contributed by atoms with Gasteiger partial charge >= 0.3 is 12.1 Å². The fraction of sp³-hybridized carbons (Fsp3) is 0.444. The molecule has 182 valence electrons. The Hall–Kier alpha value is -3.35. The van der Waals surface area contributed by atoms with Crippen LogP contribution in [0.25, 0.3) is 11.1 Å². The van der Waals surface area contributed by atoms with E-state index in [4.69, 9.17) is 9.84 Å². The zero-order chi connectivity index (χ0) is 24.3. The van der Waals surface area contributed by atoms with Gasteiger partial charge in [-0.05, 0) is 41.0 Å². The smallest absolute Gasteiger partial charge is 0.407 e. The summed E-state index contributed by atoms with van der Waals surface area (Å²) in [6.07, 6.45) is 3.11. The molecule has 7 heteroatoms. The number of hydrogen-bond donors (Lipinski definition) is 3. The van der Waals surface area contributed by atoms with Crippen LogP contribution in [0.5, 0.6) is 0 Å². The minimum atomic E-state index is -0.788. The Morgan fingerprint density at radius 1 is 0.882 bits per heavy atom. The van der Waals surface area contributed by atoms with Gasteiger partial charge in [0.25, 0.3) is 0 Å². The van der Waals surface area contributed by atoms with Crippen LogP contribution in [0.4, 0.5) is 4.79 Å². The molecule has 0 fully saturated rings. The normalized spacial score (nSPS) is 13.0. The van der Waals surface area contributed by atoms with Gasteiger partial charge in [0.2, 0.25) is 5.91 Å².